The summed E-state index contributed by atoms with van der Waals surface area (Å²) in [5, 5.41) is 3.11. The number of amides is 1. The van der Waals surface area contributed by atoms with Crippen LogP contribution in [-0.2, 0) is 4.79 Å². The van der Waals surface area contributed by atoms with Crippen molar-refractivity contribution in [2.75, 3.05) is 5.32 Å². The maximum atomic E-state index is 12.3. The van der Waals surface area contributed by atoms with Crippen LogP contribution in [0, 0.1) is 20.8 Å². The third-order valence-corrected chi connectivity index (χ3v) is 4.78. The highest BCUT2D eigenvalue weighted by molar-refractivity contribution is 8.00. The molecule has 1 atom stereocenters. The van der Waals surface area contributed by atoms with Crippen LogP contribution in [0.15, 0.2) is 29.4 Å². The minimum Gasteiger partial charge on any atom is -0.325 e. The molecule has 0 radical (unpaired) electrons. The van der Waals surface area contributed by atoms with Gasteiger partial charge in [-0.25, -0.2) is 9.97 Å². The van der Waals surface area contributed by atoms with E-state index in [0.29, 0.717) is 16.4 Å². The van der Waals surface area contributed by atoms with Crippen molar-refractivity contribution in [3.05, 3.63) is 46.8 Å². The van der Waals surface area contributed by atoms with E-state index in [1.54, 1.807) is 24.3 Å². The molecule has 1 amide bonds. The molecule has 6 heteroatoms. The van der Waals surface area contributed by atoms with Crippen LogP contribution in [-0.4, -0.2) is 26.9 Å². The molecule has 1 unspecified atom stereocenters. The Kier molecular flexibility index (Phi) is 5.72. The second-order valence-corrected chi connectivity index (χ2v) is 6.99. The molecular formula is C18H21N3O2S. The predicted octanol–water partition coefficient (Wildman–Crippen LogP) is 3.72. The Bertz CT molecular complexity index is 749. The molecule has 1 N–H and O–H groups in total. The number of carbonyl (C=O) groups is 2. The lowest BCUT2D eigenvalue weighted by Gasteiger charge is -2.13. The molecule has 2 rings (SSSR count). The molecule has 2 aromatic rings. The van der Waals surface area contributed by atoms with Gasteiger partial charge in [0, 0.05) is 22.6 Å². The zero-order valence-electron chi connectivity index (χ0n) is 14.5. The fourth-order valence-electron chi connectivity index (χ4n) is 2.04. The van der Waals surface area contributed by atoms with Gasteiger partial charge < -0.3 is 5.32 Å². The van der Waals surface area contributed by atoms with Gasteiger partial charge in [-0.3, -0.25) is 9.59 Å². The van der Waals surface area contributed by atoms with Gasteiger partial charge in [0.05, 0.1) is 5.25 Å². The van der Waals surface area contributed by atoms with Crippen LogP contribution < -0.4 is 5.32 Å². The number of aromatic nitrogens is 2. The lowest BCUT2D eigenvalue weighted by atomic mass is 10.1. The molecular weight excluding hydrogens is 322 g/mol. The molecule has 24 heavy (non-hydrogen) atoms. The van der Waals surface area contributed by atoms with E-state index in [1.807, 2.05) is 27.7 Å². The summed E-state index contributed by atoms with van der Waals surface area (Å²) in [6.45, 7) is 9.19. The number of hydrogen-bond donors (Lipinski definition) is 1. The number of nitrogens with one attached hydrogen (secondary N) is 1. The molecule has 0 aliphatic rings. The van der Waals surface area contributed by atoms with Gasteiger partial charge in [0.1, 0.15) is 0 Å². The van der Waals surface area contributed by atoms with E-state index in [4.69, 9.17) is 0 Å². The van der Waals surface area contributed by atoms with Crippen molar-refractivity contribution in [1.82, 2.24) is 9.97 Å². The van der Waals surface area contributed by atoms with Crippen molar-refractivity contribution in [2.24, 2.45) is 0 Å². The summed E-state index contributed by atoms with van der Waals surface area (Å²) in [5.74, 6) is -0.130. The van der Waals surface area contributed by atoms with Crippen LogP contribution in [0.5, 0.6) is 0 Å². The van der Waals surface area contributed by atoms with E-state index >= 15 is 0 Å². The summed E-state index contributed by atoms with van der Waals surface area (Å²) in [7, 11) is 0. The second-order valence-electron chi connectivity index (χ2n) is 5.68. The largest absolute Gasteiger partial charge is 0.325 e. The molecule has 0 bridgehead atoms. The van der Waals surface area contributed by atoms with E-state index in [0.717, 1.165) is 17.0 Å². The van der Waals surface area contributed by atoms with Crippen molar-refractivity contribution >= 4 is 29.1 Å². The van der Waals surface area contributed by atoms with Gasteiger partial charge in [0.15, 0.2) is 10.9 Å². The topological polar surface area (TPSA) is 72.0 Å². The highest BCUT2D eigenvalue weighted by Gasteiger charge is 2.17. The van der Waals surface area contributed by atoms with E-state index in [9.17, 15) is 9.59 Å². The normalized spacial score (nSPS) is 11.9. The SMILES string of the molecule is CC(=O)c1ccc(NC(=O)C(C)Sc2nc(C)c(C)c(C)n2)cc1. The Morgan fingerprint density at radius 3 is 2.08 bits per heavy atom. The van der Waals surface area contributed by atoms with E-state index in [2.05, 4.69) is 15.3 Å². The molecule has 0 aliphatic heterocycles. The van der Waals surface area contributed by atoms with Gasteiger partial charge in [-0.1, -0.05) is 11.8 Å². The Morgan fingerprint density at radius 2 is 1.58 bits per heavy atom. The molecule has 1 heterocycles. The Balaban J connectivity index is 2.03. The van der Waals surface area contributed by atoms with Crippen LogP contribution in [0.3, 0.4) is 0 Å². The third kappa shape index (κ3) is 4.41. The average Bonchev–Trinajstić information content (AvgIpc) is 2.52. The first kappa shape index (κ1) is 18.1. The first-order chi connectivity index (χ1) is 11.3. The maximum Gasteiger partial charge on any atom is 0.237 e. The number of carbonyl (C=O) groups excluding carboxylic acids is 2. The lowest BCUT2D eigenvalue weighted by molar-refractivity contribution is -0.115. The number of thioether (sulfide) groups is 1. The summed E-state index contributed by atoms with van der Waals surface area (Å²) in [6, 6.07) is 6.85. The zero-order valence-corrected chi connectivity index (χ0v) is 15.3. The average molecular weight is 343 g/mol. The highest BCUT2D eigenvalue weighted by atomic mass is 32.2. The minimum atomic E-state index is -0.334. The maximum absolute atomic E-state index is 12.3. The lowest BCUT2D eigenvalue weighted by Crippen LogP contribution is -2.22. The van der Waals surface area contributed by atoms with Gasteiger partial charge in [-0.15, -0.1) is 0 Å². The Morgan fingerprint density at radius 1 is 1.04 bits per heavy atom. The molecule has 0 aliphatic carbocycles. The number of hydrogen-bond acceptors (Lipinski definition) is 5. The molecule has 5 nitrogen and oxygen atoms in total. The summed E-state index contributed by atoms with van der Waals surface area (Å²) >= 11 is 1.33. The first-order valence-electron chi connectivity index (χ1n) is 7.68. The number of rotatable bonds is 5. The predicted molar refractivity (Wildman–Crippen MR) is 96.6 cm³/mol. The molecule has 0 fully saturated rings. The summed E-state index contributed by atoms with van der Waals surface area (Å²) < 4.78 is 0. The molecule has 0 saturated heterocycles. The number of aryl methyl sites for hydroxylation is 2. The van der Waals surface area contributed by atoms with Gasteiger partial charge in [0.2, 0.25) is 5.91 Å². The fraction of sp³-hybridized carbons (Fsp3) is 0.333. The van der Waals surface area contributed by atoms with Gasteiger partial charge >= 0.3 is 0 Å². The van der Waals surface area contributed by atoms with Crippen molar-refractivity contribution in [1.29, 1.82) is 0 Å². The Labute approximate surface area is 146 Å². The smallest absolute Gasteiger partial charge is 0.237 e. The quantitative estimate of drug-likeness (QED) is 0.509. The minimum absolute atomic E-state index is 0.000871. The number of nitrogens with zero attached hydrogens (tertiary/aromatic N) is 2. The fourth-order valence-corrected chi connectivity index (χ4v) is 2.90. The van der Waals surface area contributed by atoms with Crippen molar-refractivity contribution in [2.45, 2.75) is 45.0 Å². The highest BCUT2D eigenvalue weighted by Crippen LogP contribution is 2.23. The number of Topliss-reactive ketones (excluding diaryl/α,β-unsaturated/α-hetero) is 1. The monoisotopic (exact) mass is 343 g/mol. The van der Waals surface area contributed by atoms with E-state index in [-0.39, 0.29) is 16.9 Å². The van der Waals surface area contributed by atoms with Gasteiger partial charge in [-0.05, 0) is 64.4 Å². The first-order valence-corrected chi connectivity index (χ1v) is 8.56. The van der Waals surface area contributed by atoms with E-state index < -0.39 is 0 Å². The second kappa shape index (κ2) is 7.57. The molecule has 1 aromatic heterocycles. The number of ketones is 1. The van der Waals surface area contributed by atoms with Crippen molar-refractivity contribution in [3.8, 4) is 0 Å². The molecule has 0 spiro atoms. The van der Waals surface area contributed by atoms with Crippen LogP contribution in [0.2, 0.25) is 0 Å². The van der Waals surface area contributed by atoms with Gasteiger partial charge in [0.25, 0.3) is 0 Å². The molecule has 126 valence electrons. The van der Waals surface area contributed by atoms with Crippen LogP contribution >= 0.6 is 11.8 Å². The molecule has 0 saturated carbocycles. The standard InChI is InChI=1S/C18H21N3O2S/c1-10-11(2)19-18(20-12(10)3)24-14(5)17(23)21-16-8-6-15(7-9-16)13(4)22/h6-9,14H,1-5H3,(H,21,23). The zero-order chi connectivity index (χ0) is 17.9. The van der Waals surface area contributed by atoms with Crippen LogP contribution in [0.4, 0.5) is 5.69 Å². The summed E-state index contributed by atoms with van der Waals surface area (Å²) in [5.41, 5.74) is 4.21. The Hall–Kier alpha value is -2.21. The third-order valence-electron chi connectivity index (χ3n) is 3.82. The molecule has 1 aromatic carbocycles. The number of anilines is 1. The van der Waals surface area contributed by atoms with Gasteiger partial charge in [-0.2, -0.15) is 0 Å². The summed E-state index contributed by atoms with van der Waals surface area (Å²) in [6.07, 6.45) is 0. The van der Waals surface area contributed by atoms with Crippen LogP contribution in [0.25, 0.3) is 0 Å². The van der Waals surface area contributed by atoms with E-state index in [1.165, 1.54) is 18.7 Å². The van der Waals surface area contributed by atoms with Crippen LogP contribution in [0.1, 0.15) is 41.2 Å². The van der Waals surface area contributed by atoms with Crippen molar-refractivity contribution < 1.29 is 9.59 Å². The summed E-state index contributed by atoms with van der Waals surface area (Å²) in [4.78, 5) is 32.4. The number of benzene rings is 1. The van der Waals surface area contributed by atoms with Crippen molar-refractivity contribution in [3.63, 3.8) is 0 Å².